The van der Waals surface area contributed by atoms with Gasteiger partial charge in [-0.15, -0.1) is 0 Å². The summed E-state index contributed by atoms with van der Waals surface area (Å²) in [6.07, 6.45) is 1.39. The Kier molecular flexibility index (Phi) is 9.01. The number of esters is 1. The van der Waals surface area contributed by atoms with Gasteiger partial charge in [0.1, 0.15) is 5.82 Å². The first kappa shape index (κ1) is 26.4. The molecule has 0 radical (unpaired) electrons. The zero-order chi connectivity index (χ0) is 25.5. The Morgan fingerprint density at radius 2 is 1.74 bits per heavy atom. The number of carbonyl (C=O) groups is 1. The Balaban J connectivity index is 2.06. The highest BCUT2D eigenvalue weighted by Crippen LogP contribution is 2.37. The molecule has 35 heavy (non-hydrogen) atoms. The van der Waals surface area contributed by atoms with Crippen molar-refractivity contribution >= 4 is 12.0 Å². The lowest BCUT2D eigenvalue weighted by atomic mass is 9.95. The topological polar surface area (TPSA) is 71.7 Å². The summed E-state index contributed by atoms with van der Waals surface area (Å²) in [4.78, 5) is 11.4. The van der Waals surface area contributed by atoms with Crippen LogP contribution in [0.4, 0.5) is 4.39 Å². The lowest BCUT2D eigenvalue weighted by Gasteiger charge is -2.14. The summed E-state index contributed by atoms with van der Waals surface area (Å²) in [7, 11) is 1.26. The maximum Gasteiger partial charge on any atom is 0.308 e. The smallest absolute Gasteiger partial charge is 0.308 e. The fraction of sp³-hybridized carbons (Fsp3) is 0.345. The predicted octanol–water partition coefficient (Wildman–Crippen LogP) is 5.46. The molecule has 3 rings (SSSR count). The minimum Gasteiger partial charge on any atom is -0.469 e. The van der Waals surface area contributed by atoms with Crippen molar-refractivity contribution in [3.8, 4) is 11.3 Å². The molecule has 3 aromatic rings. The van der Waals surface area contributed by atoms with Crippen LogP contribution in [0.15, 0.2) is 60.7 Å². The van der Waals surface area contributed by atoms with Crippen LogP contribution in [0.2, 0.25) is 0 Å². The van der Waals surface area contributed by atoms with Crippen molar-refractivity contribution in [2.75, 3.05) is 7.11 Å². The third-order valence-corrected chi connectivity index (χ3v) is 6.12. The van der Waals surface area contributed by atoms with Gasteiger partial charge >= 0.3 is 5.97 Å². The Bertz CT molecular complexity index is 1150. The Morgan fingerprint density at radius 1 is 1.09 bits per heavy atom. The molecule has 0 aliphatic rings. The summed E-state index contributed by atoms with van der Waals surface area (Å²) in [5.41, 5.74) is 6.14. The molecular formula is C29H34FNO4. The summed E-state index contributed by atoms with van der Waals surface area (Å²) in [5.74, 6) is -0.626. The summed E-state index contributed by atoms with van der Waals surface area (Å²) in [6, 6.07) is 16.6. The third kappa shape index (κ3) is 6.68. The van der Waals surface area contributed by atoms with Crippen molar-refractivity contribution < 1.29 is 24.1 Å². The molecule has 2 aromatic carbocycles. The highest BCUT2D eigenvalue weighted by molar-refractivity contribution is 5.77. The number of carbonyl (C=O) groups excluding carboxylic acids is 1. The van der Waals surface area contributed by atoms with E-state index in [1.54, 1.807) is 18.2 Å². The number of aliphatic hydroxyl groups is 2. The van der Waals surface area contributed by atoms with Gasteiger partial charge in [-0.2, -0.15) is 0 Å². The number of methoxy groups -OCH3 is 1. The molecule has 0 aliphatic heterocycles. The zero-order valence-electron chi connectivity index (χ0n) is 20.7. The van der Waals surface area contributed by atoms with E-state index in [9.17, 15) is 19.4 Å². The van der Waals surface area contributed by atoms with Crippen molar-refractivity contribution in [1.29, 1.82) is 0 Å². The average molecular weight is 480 g/mol. The normalized spacial score (nSPS) is 13.4. The number of aromatic nitrogens is 1. The number of rotatable bonds is 10. The molecule has 1 heterocycles. The van der Waals surface area contributed by atoms with Crippen molar-refractivity contribution in [3.63, 3.8) is 0 Å². The molecular weight excluding hydrogens is 445 g/mol. The number of halogens is 1. The predicted molar refractivity (Wildman–Crippen MR) is 136 cm³/mol. The molecule has 0 bridgehead atoms. The maximum atomic E-state index is 13.7. The van der Waals surface area contributed by atoms with Crippen LogP contribution < -0.4 is 0 Å². The molecule has 186 valence electrons. The number of hydrogen-bond acceptors (Lipinski definition) is 4. The zero-order valence-corrected chi connectivity index (χ0v) is 20.7. The van der Waals surface area contributed by atoms with Crippen LogP contribution in [-0.2, 0) is 16.1 Å². The highest BCUT2D eigenvalue weighted by Gasteiger charge is 2.23. The Morgan fingerprint density at radius 3 is 2.34 bits per heavy atom. The highest BCUT2D eigenvalue weighted by atomic mass is 19.1. The molecule has 1 aromatic heterocycles. The van der Waals surface area contributed by atoms with E-state index in [2.05, 4.69) is 42.2 Å². The summed E-state index contributed by atoms with van der Waals surface area (Å²) < 4.78 is 20.6. The molecule has 2 atom stereocenters. The molecule has 2 unspecified atom stereocenters. The van der Waals surface area contributed by atoms with E-state index in [1.165, 1.54) is 19.2 Å². The second-order valence-corrected chi connectivity index (χ2v) is 9.09. The van der Waals surface area contributed by atoms with E-state index < -0.39 is 18.2 Å². The van der Waals surface area contributed by atoms with E-state index in [0.29, 0.717) is 6.54 Å². The molecule has 0 amide bonds. The lowest BCUT2D eigenvalue weighted by molar-refractivity contribution is -0.143. The van der Waals surface area contributed by atoms with Gasteiger partial charge in [0.15, 0.2) is 0 Å². The maximum absolute atomic E-state index is 13.7. The van der Waals surface area contributed by atoms with Crippen molar-refractivity contribution in [1.82, 2.24) is 4.57 Å². The second kappa shape index (κ2) is 12.0. The van der Waals surface area contributed by atoms with Crippen LogP contribution in [-0.4, -0.2) is 40.1 Å². The third-order valence-electron chi connectivity index (χ3n) is 6.12. The SMILES string of the molecule is COC(=O)CC(O)CC(O)/C=C/c1c(C(C)C)c(C)n(Cc2ccccc2)c1-c1ccc(F)cc1. The first-order chi connectivity index (χ1) is 16.7. The van der Waals surface area contributed by atoms with Gasteiger partial charge in [0.25, 0.3) is 0 Å². The molecule has 0 fully saturated rings. The van der Waals surface area contributed by atoms with Crippen LogP contribution in [0.3, 0.4) is 0 Å². The summed E-state index contributed by atoms with van der Waals surface area (Å²) in [6.45, 7) is 6.97. The van der Waals surface area contributed by atoms with Crippen LogP contribution in [0.1, 0.15) is 55.0 Å². The van der Waals surface area contributed by atoms with Crippen LogP contribution in [0.25, 0.3) is 17.3 Å². The number of ether oxygens (including phenoxy) is 1. The van der Waals surface area contributed by atoms with Gasteiger partial charge in [0, 0.05) is 24.2 Å². The van der Waals surface area contributed by atoms with Crippen LogP contribution in [0.5, 0.6) is 0 Å². The van der Waals surface area contributed by atoms with E-state index in [4.69, 9.17) is 0 Å². The summed E-state index contributed by atoms with van der Waals surface area (Å²) in [5, 5.41) is 20.6. The Labute approximate surface area is 206 Å². The number of hydrogen-bond donors (Lipinski definition) is 2. The first-order valence-corrected chi connectivity index (χ1v) is 11.8. The molecule has 0 saturated carbocycles. The van der Waals surface area contributed by atoms with Gasteiger partial charge < -0.3 is 19.5 Å². The first-order valence-electron chi connectivity index (χ1n) is 11.8. The van der Waals surface area contributed by atoms with Crippen LogP contribution >= 0.6 is 0 Å². The quantitative estimate of drug-likeness (QED) is 0.379. The van der Waals surface area contributed by atoms with Gasteiger partial charge in [-0.05, 0) is 53.8 Å². The molecule has 0 spiro atoms. The van der Waals surface area contributed by atoms with Gasteiger partial charge in [0.2, 0.25) is 0 Å². The fourth-order valence-electron chi connectivity index (χ4n) is 4.48. The average Bonchev–Trinajstić information content (AvgIpc) is 3.10. The summed E-state index contributed by atoms with van der Waals surface area (Å²) >= 11 is 0. The van der Waals surface area contributed by atoms with E-state index >= 15 is 0 Å². The van der Waals surface area contributed by atoms with Gasteiger partial charge in [0.05, 0.1) is 31.4 Å². The largest absolute Gasteiger partial charge is 0.469 e. The van der Waals surface area contributed by atoms with Gasteiger partial charge in [-0.25, -0.2) is 4.39 Å². The van der Waals surface area contributed by atoms with Crippen molar-refractivity contribution in [2.24, 2.45) is 0 Å². The molecule has 6 heteroatoms. The van der Waals surface area contributed by atoms with Crippen LogP contribution in [0, 0.1) is 12.7 Å². The second-order valence-electron chi connectivity index (χ2n) is 9.09. The standard InChI is InChI=1S/C29H34FNO4/c1-19(2)28-20(3)31(18-21-8-6-5-7-9-21)29(22-10-12-23(30)13-11-22)26(28)15-14-24(32)16-25(33)17-27(34)35-4/h5-15,19,24-25,32-33H,16-18H2,1-4H3/b15-14+. The molecule has 5 nitrogen and oxygen atoms in total. The minimum absolute atomic E-state index is 0.0121. The van der Waals surface area contributed by atoms with Crippen molar-refractivity contribution in [3.05, 3.63) is 88.9 Å². The fourth-order valence-corrected chi connectivity index (χ4v) is 4.48. The molecule has 2 N–H and O–H groups in total. The lowest BCUT2D eigenvalue weighted by Crippen LogP contribution is -2.20. The number of nitrogens with zero attached hydrogens (tertiary/aromatic N) is 1. The molecule has 0 saturated heterocycles. The number of benzene rings is 2. The minimum atomic E-state index is -1.01. The molecule has 0 aliphatic carbocycles. The monoisotopic (exact) mass is 479 g/mol. The number of aliphatic hydroxyl groups excluding tert-OH is 2. The van der Waals surface area contributed by atoms with Crippen molar-refractivity contribution in [2.45, 2.75) is 58.3 Å². The van der Waals surface area contributed by atoms with Gasteiger partial charge in [-0.1, -0.05) is 56.3 Å². The van der Waals surface area contributed by atoms with E-state index in [0.717, 1.165) is 33.6 Å². The van der Waals surface area contributed by atoms with Gasteiger partial charge in [-0.3, -0.25) is 4.79 Å². The van der Waals surface area contributed by atoms with E-state index in [1.807, 2.05) is 24.3 Å². The van der Waals surface area contributed by atoms with E-state index in [-0.39, 0.29) is 24.6 Å². The Hall–Kier alpha value is -3.22.